The van der Waals surface area contributed by atoms with Gasteiger partial charge in [-0.15, -0.1) is 29.7 Å². The molecule has 0 saturated heterocycles. The molecule has 0 bridgehead atoms. The quantitative estimate of drug-likeness (QED) is 0.0593. The summed E-state index contributed by atoms with van der Waals surface area (Å²) in [6, 6.07) is 50.5. The minimum Gasteiger partial charge on any atom is -0.510 e. The van der Waals surface area contributed by atoms with Crippen LogP contribution in [0.5, 0.6) is 11.5 Å². The van der Waals surface area contributed by atoms with Crippen molar-refractivity contribution in [2.45, 2.75) is 26.2 Å². The average molecular weight is 1450 g/mol. The molecule has 1 aliphatic heterocycles. The normalized spacial score (nSPS) is 14.8. The largest absolute Gasteiger partial charge is 0.510 e. The van der Waals surface area contributed by atoms with Crippen molar-refractivity contribution in [3.05, 3.63) is 339 Å². The van der Waals surface area contributed by atoms with E-state index in [-0.39, 0.29) is 32.0 Å². The van der Waals surface area contributed by atoms with E-state index < -0.39 is 149 Å². The Morgan fingerprint density at radius 2 is 1.00 bits per heavy atom. The topological polar surface area (TPSA) is 40.8 Å². The smallest absolute Gasteiger partial charge is 0.268 e. The van der Waals surface area contributed by atoms with Crippen molar-refractivity contribution in [1.29, 1.82) is 0 Å². The number of para-hydroxylation sites is 5. The van der Waals surface area contributed by atoms with Crippen molar-refractivity contribution in [3.63, 3.8) is 0 Å². The predicted octanol–water partition coefficient (Wildman–Crippen LogP) is 18.3. The summed E-state index contributed by atoms with van der Waals surface area (Å²) in [7, 11) is -6.22. The average Bonchev–Trinajstić information content (AvgIpc) is 1.33. The zero-order valence-electron chi connectivity index (χ0n) is 70.5. The summed E-state index contributed by atoms with van der Waals surface area (Å²) in [5.74, 6) is 1.52. The second kappa shape index (κ2) is 23.4. The number of hydrogen-bond donors (Lipinski definition) is 0. The van der Waals surface area contributed by atoms with Crippen molar-refractivity contribution < 1.29 is 56.4 Å². The maximum Gasteiger partial charge on any atom is 0.268 e. The maximum atomic E-state index is 10.9. The number of aromatic nitrogens is 5. The molecule has 0 radical (unpaired) electrons. The van der Waals surface area contributed by atoms with Crippen molar-refractivity contribution in [2.24, 2.45) is 0 Å². The van der Waals surface area contributed by atoms with Crippen LogP contribution in [0.25, 0.3) is 122 Å². The van der Waals surface area contributed by atoms with Gasteiger partial charge in [0.2, 0.25) is 0 Å². The SMILES string of the molecule is [2H]c1c([2H])c([2H])c([Si](c2c([2H])c([2H])c([2H])c([2H])c2[2H])(c2c([2H])c([2H])c([2H])c([2H])c2[2H])c2c([2H])c([2H])c([2H])c(-c3ccc4c(c3)-c3cccc(-n5c6ccccc6c6ccccc65)c3-[n+]3[c-]n(-c5[c-]c(Oc6[c-]c7c(cc6)c6ccccc6n7-c6cc(C(C)(C)C)ccn6)ccc5)c5cccc(c53)-c3ccccc3-4)c2[2H])c([2H])c1[2H].[Pt]. The molecule has 0 saturated carbocycles. The molecule has 17 aromatic rings. The molecule has 0 unspecified atom stereocenters. The summed E-state index contributed by atoms with van der Waals surface area (Å²) >= 11 is 0. The summed E-state index contributed by atoms with van der Waals surface area (Å²) in [4.78, 5) is 4.89. The van der Waals surface area contributed by atoms with Gasteiger partial charge in [-0.3, -0.25) is 4.57 Å². The molecule has 0 amide bonds. The third-order valence-corrected chi connectivity index (χ3v) is 22.1. The molecule has 5 heterocycles. The van der Waals surface area contributed by atoms with Crippen LogP contribution < -0.4 is 30.1 Å². The van der Waals surface area contributed by atoms with Gasteiger partial charge in [0.15, 0.2) is 8.07 Å². The van der Waals surface area contributed by atoms with Crippen LogP contribution in [0.15, 0.2) is 315 Å². The molecule has 0 aliphatic carbocycles. The van der Waals surface area contributed by atoms with Crippen LogP contribution in [-0.2, 0) is 26.5 Å². The first-order valence-electron chi connectivity index (χ1n) is 40.5. The number of fused-ring (bicyclic) bond motifs is 13. The van der Waals surface area contributed by atoms with Crippen molar-refractivity contribution in [1.82, 2.24) is 18.7 Å². The number of rotatable bonds is 10. The van der Waals surface area contributed by atoms with E-state index in [2.05, 4.69) is 78.7 Å². The van der Waals surface area contributed by atoms with Crippen LogP contribution in [-0.4, -0.2) is 26.8 Å². The van der Waals surface area contributed by atoms with Gasteiger partial charge in [-0.25, -0.2) is 4.98 Å². The van der Waals surface area contributed by atoms with E-state index in [1.54, 1.807) is 18.2 Å². The van der Waals surface area contributed by atoms with Gasteiger partial charge in [-0.1, -0.05) is 262 Å². The van der Waals surface area contributed by atoms with Crippen molar-refractivity contribution >= 4 is 83.5 Å². The number of pyridine rings is 1. The summed E-state index contributed by atoms with van der Waals surface area (Å²) in [6.45, 7) is 6.51. The zero-order chi connectivity index (χ0) is 79.9. The van der Waals surface area contributed by atoms with Gasteiger partial charge < -0.3 is 18.4 Å². The molecule has 4 aromatic heterocycles. The Kier molecular flexibility index (Phi) is 10.1. The number of benzene rings is 13. The Morgan fingerprint density at radius 1 is 0.448 bits per heavy atom. The Bertz CT molecular complexity index is 6810. The van der Waals surface area contributed by atoms with Crippen LogP contribution >= 0.6 is 0 Å². The third kappa shape index (κ3) is 9.39. The molecule has 96 heavy (non-hydrogen) atoms. The van der Waals surface area contributed by atoms with Crippen molar-refractivity contribution in [3.8, 4) is 78.9 Å². The third-order valence-electron chi connectivity index (χ3n) is 18.1. The van der Waals surface area contributed by atoms with E-state index in [1.807, 2.05) is 161 Å². The second-order valence-electron chi connectivity index (χ2n) is 24.4. The minimum atomic E-state index is -6.22. The van der Waals surface area contributed by atoms with Gasteiger partial charge in [-0.2, -0.15) is 18.2 Å². The van der Waals surface area contributed by atoms with E-state index in [1.165, 1.54) is 0 Å². The fraction of sp³-hybridized carbons (Fsp3) is 0.0455. The fourth-order valence-corrected chi connectivity index (χ4v) is 17.4. The van der Waals surface area contributed by atoms with Gasteiger partial charge >= 0.3 is 0 Å². The number of hydrogen-bond acceptors (Lipinski definition) is 2. The van der Waals surface area contributed by atoms with Crippen LogP contribution in [0.1, 0.15) is 52.4 Å². The molecule has 0 N–H and O–H groups in total. The first kappa shape index (κ1) is 41.5. The van der Waals surface area contributed by atoms with Gasteiger partial charge in [0.1, 0.15) is 5.82 Å². The van der Waals surface area contributed by atoms with E-state index in [0.717, 1.165) is 66.1 Å². The van der Waals surface area contributed by atoms with E-state index >= 15 is 0 Å². The van der Waals surface area contributed by atoms with Crippen LogP contribution in [0, 0.1) is 18.5 Å². The Balaban J connectivity index is 0.00000953. The van der Waals surface area contributed by atoms with Gasteiger partial charge in [-0.05, 0) is 130 Å². The van der Waals surface area contributed by atoms with Gasteiger partial charge in [0, 0.05) is 55.1 Å². The molecule has 18 rings (SSSR count). The first-order chi connectivity index (χ1) is 54.6. The fourth-order valence-electron chi connectivity index (χ4n) is 13.8. The van der Waals surface area contributed by atoms with Gasteiger partial charge in [0.25, 0.3) is 6.33 Å². The van der Waals surface area contributed by atoms with Crippen LogP contribution in [0.4, 0.5) is 0 Å². The first-order valence-corrected chi connectivity index (χ1v) is 33.0. The number of nitrogens with zero attached hydrogens (tertiary/aromatic N) is 5. The van der Waals surface area contributed by atoms with E-state index in [0.29, 0.717) is 61.8 Å². The molecule has 8 heteroatoms. The molecule has 1 aliphatic rings. The summed E-state index contributed by atoms with van der Waals surface area (Å²) in [5.41, 5.74) is 11.0. The molecule has 0 atom stereocenters. The van der Waals surface area contributed by atoms with E-state index in [9.17, 15) is 21.9 Å². The Morgan fingerprint density at radius 3 is 1.68 bits per heavy atom. The van der Waals surface area contributed by atoms with Crippen LogP contribution in [0.3, 0.4) is 0 Å². The standard InChI is InChI=1S/C88H61N5OSi.Pt/c1-88(2,3)61-51-52-89-85(55-61)93-81-44-20-17-39-74(81)75-50-48-64(57-84(75)93)94-63-27-22-26-62(56-63)90-58-91-86-76(40-23-45-82(86)90)70-36-14-13-35-69(70)71-49-47-60(54-78(71)77-41-24-46-83(87(77)91)92-79-42-18-15-37-72(79)73-38-16-19-43-80(73)92)59-25-21-34-68(53-59)95(65-28-7-4-8-29-65,66-30-9-5-10-31-66)67-32-11-6-12-33-67;/h4-55H,1-3H3;/q-2;/i4D,5D,6D,7D,8D,9D,10D,11D,12D,21D,25D,28D,29D,30D,31D,32D,33D,34D,53D;. The van der Waals surface area contributed by atoms with Gasteiger partial charge in [0.05, 0.1) is 59.5 Å². The molecular formula is C88H61N5OPtSi-2. The van der Waals surface area contributed by atoms with Crippen molar-refractivity contribution in [2.75, 3.05) is 0 Å². The molecule has 13 aromatic carbocycles. The number of ether oxygens (including phenoxy) is 1. The second-order valence-corrected chi connectivity index (χ2v) is 27.9. The molecular weight excluding hydrogens is 1370 g/mol. The Labute approximate surface area is 599 Å². The van der Waals surface area contributed by atoms with E-state index in [4.69, 9.17) is 13.8 Å². The summed E-state index contributed by atoms with van der Waals surface area (Å²) < 4.78 is 197. The monoisotopic (exact) mass is 1450 g/mol. The molecule has 0 spiro atoms. The summed E-state index contributed by atoms with van der Waals surface area (Å²) in [5, 5.41) is 0.203. The maximum absolute atomic E-state index is 10.9. The Hall–Kier alpha value is -11.2. The minimum absolute atomic E-state index is 0. The predicted molar refractivity (Wildman–Crippen MR) is 392 cm³/mol. The van der Waals surface area contributed by atoms with Crippen LogP contribution in [0.2, 0.25) is 0 Å². The molecule has 0 fully saturated rings. The zero-order valence-corrected chi connectivity index (χ0v) is 54.8. The number of imidazole rings is 1. The summed E-state index contributed by atoms with van der Waals surface area (Å²) in [6.07, 6.45) is 5.68. The molecule has 460 valence electrons. The molecule has 6 nitrogen and oxygen atoms in total.